The van der Waals surface area contributed by atoms with Gasteiger partial charge in [-0.1, -0.05) is 41.9 Å². The molecule has 1 aromatic carbocycles. The van der Waals surface area contributed by atoms with E-state index in [2.05, 4.69) is 28.6 Å². The first-order valence-electron chi connectivity index (χ1n) is 12.8. The summed E-state index contributed by atoms with van der Waals surface area (Å²) in [7, 11) is 1.58. The summed E-state index contributed by atoms with van der Waals surface area (Å²) in [5.41, 5.74) is 2.80. The van der Waals surface area contributed by atoms with Crippen molar-refractivity contribution in [3.8, 4) is 5.75 Å². The average molecular weight is 577 g/mol. The molecule has 11 heteroatoms. The number of nitrogens with zero attached hydrogens (tertiary/aromatic N) is 2. The summed E-state index contributed by atoms with van der Waals surface area (Å²) in [6.07, 6.45) is 6.41. The number of carbonyl (C=O) groups is 2. The molecule has 4 rings (SSSR count). The Labute approximate surface area is 239 Å². The summed E-state index contributed by atoms with van der Waals surface area (Å²) >= 11 is 13.3. The largest absolute Gasteiger partial charge is 0.495 e. The third kappa shape index (κ3) is 6.66. The molecule has 9 nitrogen and oxygen atoms in total. The molecule has 39 heavy (non-hydrogen) atoms. The zero-order chi connectivity index (χ0) is 28.5. The number of carbonyl (C=O) groups excluding carboxylic acids is 2. The SMILES string of the molecule is C=CC(=O)NC1CN(C(=O)OC(C)(C)C)CC1NC1N=C2C=CC(c3c(Cl)c(C)cc(OC)c3Cl)=CC2CN1. The molecule has 0 aromatic heterocycles. The molecule has 4 atom stereocenters. The molecule has 0 bridgehead atoms. The van der Waals surface area contributed by atoms with Gasteiger partial charge in [-0.3, -0.25) is 20.4 Å². The summed E-state index contributed by atoms with van der Waals surface area (Å²) in [4.78, 5) is 31.2. The first-order chi connectivity index (χ1) is 18.4. The lowest BCUT2D eigenvalue weighted by Gasteiger charge is -2.32. The minimum atomic E-state index is -0.619. The monoisotopic (exact) mass is 575 g/mol. The molecule has 2 amide bonds. The number of halogens is 2. The molecule has 0 spiro atoms. The Hall–Kier alpha value is -2.85. The number of aliphatic imine (C=N–C) groups is 1. The van der Waals surface area contributed by atoms with Crippen LogP contribution in [0.5, 0.6) is 5.75 Å². The number of aryl methyl sites for hydroxylation is 1. The maximum atomic E-state index is 12.7. The number of amides is 2. The first kappa shape index (κ1) is 29.1. The van der Waals surface area contributed by atoms with Gasteiger partial charge in [0.25, 0.3) is 0 Å². The van der Waals surface area contributed by atoms with E-state index < -0.39 is 18.0 Å². The number of benzene rings is 1. The fraction of sp³-hybridized carbons (Fsp3) is 0.464. The summed E-state index contributed by atoms with van der Waals surface area (Å²) in [5, 5.41) is 10.8. The van der Waals surface area contributed by atoms with E-state index in [0.29, 0.717) is 35.4 Å². The quantitative estimate of drug-likeness (QED) is 0.441. The predicted octanol–water partition coefficient (Wildman–Crippen LogP) is 4.09. The molecule has 3 aliphatic rings. The number of hydrogen-bond acceptors (Lipinski definition) is 7. The molecule has 0 saturated carbocycles. The van der Waals surface area contributed by atoms with Gasteiger partial charge < -0.3 is 19.7 Å². The molecule has 1 aromatic rings. The zero-order valence-corrected chi connectivity index (χ0v) is 24.3. The molecule has 1 fully saturated rings. The molecule has 1 saturated heterocycles. The molecule has 3 N–H and O–H groups in total. The highest BCUT2D eigenvalue weighted by Crippen LogP contribution is 2.41. The van der Waals surface area contributed by atoms with Gasteiger partial charge in [-0.05, 0) is 57.0 Å². The van der Waals surface area contributed by atoms with E-state index in [0.717, 1.165) is 22.4 Å². The number of ether oxygens (including phenoxy) is 2. The lowest BCUT2D eigenvalue weighted by Crippen LogP contribution is -2.57. The molecule has 210 valence electrons. The number of likely N-dealkylation sites (tertiary alicyclic amines) is 1. The normalized spacial score (nSPS) is 24.4. The Balaban J connectivity index is 1.50. The maximum Gasteiger partial charge on any atom is 0.410 e. The summed E-state index contributed by atoms with van der Waals surface area (Å²) in [6.45, 7) is 12.2. The second-order valence-electron chi connectivity index (χ2n) is 10.8. The first-order valence-corrected chi connectivity index (χ1v) is 13.6. The smallest absolute Gasteiger partial charge is 0.410 e. The fourth-order valence-corrected chi connectivity index (χ4v) is 5.48. The van der Waals surface area contributed by atoms with Crippen LogP contribution in [0.25, 0.3) is 5.57 Å². The predicted molar refractivity (Wildman–Crippen MR) is 154 cm³/mol. The van der Waals surface area contributed by atoms with Crippen LogP contribution in [0.4, 0.5) is 4.79 Å². The summed E-state index contributed by atoms with van der Waals surface area (Å²) in [5.74, 6) is 0.280. The topological polar surface area (TPSA) is 104 Å². The Morgan fingerprint density at radius 1 is 1.21 bits per heavy atom. The van der Waals surface area contributed by atoms with Gasteiger partial charge in [0.2, 0.25) is 5.91 Å². The third-order valence-corrected chi connectivity index (χ3v) is 7.58. The second kappa shape index (κ2) is 11.7. The van der Waals surface area contributed by atoms with Crippen molar-refractivity contribution >= 4 is 46.5 Å². The Morgan fingerprint density at radius 3 is 2.59 bits per heavy atom. The van der Waals surface area contributed by atoms with Gasteiger partial charge in [0, 0.05) is 42.9 Å². The molecule has 2 heterocycles. The molecule has 4 unspecified atom stereocenters. The van der Waals surface area contributed by atoms with Crippen LogP contribution in [-0.4, -0.2) is 73.3 Å². The molecule has 0 radical (unpaired) electrons. The van der Waals surface area contributed by atoms with Gasteiger partial charge in [-0.15, -0.1) is 0 Å². The van der Waals surface area contributed by atoms with E-state index in [4.69, 9.17) is 37.7 Å². The standard InChI is InChI=1S/C28H35Cl2N5O4/c1-7-22(36)32-19-13-35(27(37)39-28(3,4)5)14-20(19)34-26-31-12-17-11-16(8-9-18(17)33-26)23-24(29)15(2)10-21(38-6)25(23)30/h7-11,17,19-20,26,31,34H,1,12-14H2,2-6H3,(H,32,36). The van der Waals surface area contributed by atoms with Crippen LogP contribution in [-0.2, 0) is 9.53 Å². The van der Waals surface area contributed by atoms with Crippen molar-refractivity contribution in [2.45, 2.75) is 51.7 Å². The van der Waals surface area contributed by atoms with Crippen LogP contribution < -0.4 is 20.7 Å². The van der Waals surface area contributed by atoms with Gasteiger partial charge in [0.05, 0.1) is 23.2 Å². The van der Waals surface area contributed by atoms with Gasteiger partial charge in [-0.25, -0.2) is 4.79 Å². The molecule has 2 aliphatic heterocycles. The number of nitrogens with one attached hydrogen (secondary N) is 3. The maximum absolute atomic E-state index is 12.7. The molecular formula is C28H35Cl2N5O4. The van der Waals surface area contributed by atoms with Crippen molar-refractivity contribution in [3.63, 3.8) is 0 Å². The van der Waals surface area contributed by atoms with Crippen LogP contribution in [0, 0.1) is 12.8 Å². The highest BCUT2D eigenvalue weighted by molar-refractivity contribution is 6.39. The van der Waals surface area contributed by atoms with E-state index in [1.165, 1.54) is 6.08 Å². The Kier molecular flexibility index (Phi) is 8.75. The highest BCUT2D eigenvalue weighted by atomic mass is 35.5. The molecule has 1 aliphatic carbocycles. The van der Waals surface area contributed by atoms with Crippen LogP contribution in [0.15, 0.2) is 41.9 Å². The number of allylic oxidation sites excluding steroid dienone is 3. The van der Waals surface area contributed by atoms with Crippen molar-refractivity contribution in [3.05, 3.63) is 58.1 Å². The Morgan fingerprint density at radius 2 is 1.92 bits per heavy atom. The third-order valence-electron chi connectivity index (χ3n) is 6.72. The van der Waals surface area contributed by atoms with E-state index in [-0.39, 0.29) is 23.9 Å². The highest BCUT2D eigenvalue weighted by Gasteiger charge is 2.39. The van der Waals surface area contributed by atoms with E-state index in [1.807, 2.05) is 45.9 Å². The minimum Gasteiger partial charge on any atom is -0.495 e. The van der Waals surface area contributed by atoms with Crippen molar-refractivity contribution in [2.24, 2.45) is 10.9 Å². The van der Waals surface area contributed by atoms with Crippen LogP contribution in [0.1, 0.15) is 31.9 Å². The minimum absolute atomic E-state index is 0.0137. The van der Waals surface area contributed by atoms with Crippen LogP contribution in [0.3, 0.4) is 0 Å². The zero-order valence-electron chi connectivity index (χ0n) is 22.8. The summed E-state index contributed by atoms with van der Waals surface area (Å²) in [6, 6.07) is 1.23. The second-order valence-corrected chi connectivity index (χ2v) is 11.6. The van der Waals surface area contributed by atoms with E-state index in [1.54, 1.807) is 12.0 Å². The van der Waals surface area contributed by atoms with Crippen molar-refractivity contribution in [2.75, 3.05) is 26.7 Å². The van der Waals surface area contributed by atoms with Crippen LogP contribution >= 0.6 is 23.2 Å². The molecular weight excluding hydrogens is 541 g/mol. The lowest BCUT2D eigenvalue weighted by molar-refractivity contribution is -0.117. The van der Waals surface area contributed by atoms with Crippen molar-refractivity contribution in [1.82, 2.24) is 20.9 Å². The fourth-order valence-electron chi connectivity index (χ4n) is 4.84. The van der Waals surface area contributed by atoms with Gasteiger partial charge in [0.15, 0.2) is 6.29 Å². The van der Waals surface area contributed by atoms with Gasteiger partial charge in [-0.2, -0.15) is 0 Å². The summed E-state index contributed by atoms with van der Waals surface area (Å²) < 4.78 is 11.0. The van der Waals surface area contributed by atoms with Crippen molar-refractivity contribution in [1.29, 1.82) is 0 Å². The number of fused-ring (bicyclic) bond motifs is 1. The lowest BCUT2D eigenvalue weighted by atomic mass is 9.89. The van der Waals surface area contributed by atoms with Crippen molar-refractivity contribution < 1.29 is 19.1 Å². The Bertz CT molecular complexity index is 1250. The number of rotatable bonds is 6. The number of methoxy groups -OCH3 is 1. The van der Waals surface area contributed by atoms with Gasteiger partial charge in [0.1, 0.15) is 11.4 Å². The van der Waals surface area contributed by atoms with Gasteiger partial charge >= 0.3 is 6.09 Å². The van der Waals surface area contributed by atoms with E-state index >= 15 is 0 Å². The van der Waals surface area contributed by atoms with Crippen LogP contribution in [0.2, 0.25) is 10.0 Å². The average Bonchev–Trinajstić information content (AvgIpc) is 3.27. The number of hydrogen-bond donors (Lipinski definition) is 3. The van der Waals surface area contributed by atoms with E-state index in [9.17, 15) is 9.59 Å².